The zero-order valence-electron chi connectivity index (χ0n) is 25.5. The Labute approximate surface area is 258 Å². The van der Waals surface area contributed by atoms with Gasteiger partial charge in [0.05, 0.1) is 41.7 Å². The van der Waals surface area contributed by atoms with E-state index in [1.54, 1.807) is 28.4 Å². The number of hydrogen-bond donors (Lipinski definition) is 0. The fourth-order valence-electron chi connectivity index (χ4n) is 4.80. The van der Waals surface area contributed by atoms with Crippen LogP contribution in [-0.4, -0.2) is 47.8 Å². The number of ether oxygens (including phenoxy) is 8. The highest BCUT2D eigenvalue weighted by Gasteiger charge is 2.36. The number of epoxide rings is 1. The van der Waals surface area contributed by atoms with Crippen LogP contribution < -0.4 is 28.4 Å². The molecule has 1 aliphatic heterocycles. The molecule has 1 aliphatic rings. The van der Waals surface area contributed by atoms with Gasteiger partial charge in [0.1, 0.15) is 25.4 Å². The number of hydrogen-bond acceptors (Lipinski definition) is 8. The molecule has 0 saturated carbocycles. The van der Waals surface area contributed by atoms with E-state index in [1.807, 2.05) is 97.1 Å². The Kier molecular flexibility index (Phi) is 10.6. The molecule has 0 bridgehead atoms. The summed E-state index contributed by atoms with van der Waals surface area (Å²) >= 11 is 0. The second-order valence-corrected chi connectivity index (χ2v) is 10.1. The van der Waals surface area contributed by atoms with Crippen molar-refractivity contribution in [3.63, 3.8) is 0 Å². The van der Waals surface area contributed by atoms with E-state index in [2.05, 4.69) is 0 Å². The molecule has 44 heavy (non-hydrogen) atoms. The predicted octanol–water partition coefficient (Wildman–Crippen LogP) is 7.05. The van der Waals surface area contributed by atoms with Crippen molar-refractivity contribution in [2.24, 2.45) is 0 Å². The first kappa shape index (κ1) is 30.8. The van der Waals surface area contributed by atoms with E-state index < -0.39 is 0 Å². The zero-order chi connectivity index (χ0) is 30.7. The Morgan fingerprint density at radius 2 is 1.14 bits per heavy atom. The molecule has 230 valence electrons. The van der Waals surface area contributed by atoms with E-state index in [0.29, 0.717) is 60.9 Å². The zero-order valence-corrected chi connectivity index (χ0v) is 25.5. The highest BCUT2D eigenvalue weighted by Crippen LogP contribution is 2.43. The van der Waals surface area contributed by atoms with E-state index in [4.69, 9.17) is 37.9 Å². The second-order valence-electron chi connectivity index (χ2n) is 10.1. The summed E-state index contributed by atoms with van der Waals surface area (Å²) in [6, 6.07) is 27.6. The highest BCUT2D eigenvalue weighted by molar-refractivity contribution is 5.62. The Bertz CT molecular complexity index is 1470. The molecule has 8 nitrogen and oxygen atoms in total. The van der Waals surface area contributed by atoms with Crippen LogP contribution in [0.3, 0.4) is 0 Å². The summed E-state index contributed by atoms with van der Waals surface area (Å²) in [6.07, 6.45) is 3.52. The SMILES string of the molecule is COc1cc(/C=C/CO[C@H](c2cc(OC)c(OCc3ccccc3)c(OC)c2)[C@H]2CO2)cc(OC)c1OCc1ccccc1. The molecule has 0 aliphatic carbocycles. The van der Waals surface area contributed by atoms with Crippen molar-refractivity contribution in [3.05, 3.63) is 113 Å². The van der Waals surface area contributed by atoms with E-state index in [0.717, 1.165) is 22.3 Å². The quantitative estimate of drug-likeness (QED) is 0.127. The topological polar surface area (TPSA) is 77.1 Å². The Morgan fingerprint density at radius 1 is 0.682 bits per heavy atom. The van der Waals surface area contributed by atoms with Crippen LogP contribution in [0, 0.1) is 0 Å². The lowest BCUT2D eigenvalue weighted by Crippen LogP contribution is -2.12. The summed E-state index contributed by atoms with van der Waals surface area (Å²) in [5.74, 6) is 3.38. The molecule has 0 spiro atoms. The maximum Gasteiger partial charge on any atom is 0.203 e. The Morgan fingerprint density at radius 3 is 1.57 bits per heavy atom. The average Bonchev–Trinajstić information content (AvgIpc) is 3.92. The minimum atomic E-state index is -0.316. The van der Waals surface area contributed by atoms with E-state index in [-0.39, 0.29) is 12.2 Å². The average molecular weight is 599 g/mol. The first-order valence-electron chi connectivity index (χ1n) is 14.4. The van der Waals surface area contributed by atoms with Gasteiger partial charge in [-0.1, -0.05) is 72.8 Å². The molecular weight excluding hydrogens is 560 g/mol. The summed E-state index contributed by atoms with van der Waals surface area (Å²) in [6.45, 7) is 1.75. The van der Waals surface area contributed by atoms with Gasteiger partial charge in [-0.25, -0.2) is 0 Å². The summed E-state index contributed by atoms with van der Waals surface area (Å²) in [4.78, 5) is 0. The normalized spacial score (nSPS) is 14.6. The minimum Gasteiger partial charge on any atom is -0.493 e. The first-order chi connectivity index (χ1) is 21.6. The maximum absolute atomic E-state index is 6.32. The third kappa shape index (κ3) is 7.83. The largest absolute Gasteiger partial charge is 0.493 e. The molecule has 0 N–H and O–H groups in total. The Hall–Kier alpha value is -4.66. The van der Waals surface area contributed by atoms with Crippen molar-refractivity contribution in [2.75, 3.05) is 41.7 Å². The molecule has 0 radical (unpaired) electrons. The minimum absolute atomic E-state index is 0.0601. The van der Waals surface area contributed by atoms with Crippen molar-refractivity contribution in [1.29, 1.82) is 0 Å². The van der Waals surface area contributed by atoms with Crippen molar-refractivity contribution in [1.82, 2.24) is 0 Å². The molecule has 5 rings (SSSR count). The molecule has 0 amide bonds. The second kappa shape index (κ2) is 15.2. The first-order valence-corrected chi connectivity index (χ1v) is 14.4. The predicted molar refractivity (Wildman–Crippen MR) is 168 cm³/mol. The van der Waals surface area contributed by atoms with Gasteiger partial charge in [0, 0.05) is 0 Å². The van der Waals surface area contributed by atoms with Gasteiger partial charge >= 0.3 is 0 Å². The molecular formula is C36H38O8. The van der Waals surface area contributed by atoms with Gasteiger partial charge in [-0.2, -0.15) is 0 Å². The summed E-state index contributed by atoms with van der Waals surface area (Å²) in [7, 11) is 6.45. The molecule has 1 saturated heterocycles. The third-order valence-electron chi connectivity index (χ3n) is 7.13. The molecule has 4 aromatic carbocycles. The summed E-state index contributed by atoms with van der Waals surface area (Å²) in [5, 5.41) is 0. The van der Waals surface area contributed by atoms with Crippen LogP contribution in [0.5, 0.6) is 34.5 Å². The smallest absolute Gasteiger partial charge is 0.203 e. The standard InChI is InChI=1S/C36H38O8/c1-37-29-18-27(19-30(38-2)35(29)43-22-25-12-7-5-8-13-25)16-11-17-41-34(33-24-42-33)28-20-31(39-3)36(32(21-28)40-4)44-23-26-14-9-6-10-15-26/h5-16,18-21,33-34H,17,22-24H2,1-4H3/b16-11+/t33-,34-/m1/s1. The molecule has 0 aromatic heterocycles. The van der Waals surface area contributed by atoms with Crippen LogP contribution in [0.1, 0.15) is 28.4 Å². The molecule has 4 aromatic rings. The monoisotopic (exact) mass is 598 g/mol. The van der Waals surface area contributed by atoms with Crippen molar-refractivity contribution < 1.29 is 37.9 Å². The molecule has 1 heterocycles. The van der Waals surface area contributed by atoms with Crippen LogP contribution in [0.2, 0.25) is 0 Å². The lowest BCUT2D eigenvalue weighted by molar-refractivity contribution is 0.0508. The third-order valence-corrected chi connectivity index (χ3v) is 7.13. The van der Waals surface area contributed by atoms with Gasteiger partial charge in [-0.15, -0.1) is 0 Å². The van der Waals surface area contributed by atoms with Crippen LogP contribution in [0.4, 0.5) is 0 Å². The molecule has 2 atom stereocenters. The van der Waals surface area contributed by atoms with Crippen molar-refractivity contribution >= 4 is 6.08 Å². The van der Waals surface area contributed by atoms with Gasteiger partial charge in [0.25, 0.3) is 0 Å². The maximum atomic E-state index is 6.32. The van der Waals surface area contributed by atoms with Crippen LogP contribution in [0.15, 0.2) is 91.0 Å². The van der Waals surface area contributed by atoms with Gasteiger partial charge in [-0.3, -0.25) is 0 Å². The van der Waals surface area contributed by atoms with E-state index >= 15 is 0 Å². The van der Waals surface area contributed by atoms with Crippen LogP contribution in [0.25, 0.3) is 6.08 Å². The lowest BCUT2D eigenvalue weighted by Gasteiger charge is -2.20. The Balaban J connectivity index is 1.27. The molecule has 8 heteroatoms. The highest BCUT2D eigenvalue weighted by atomic mass is 16.6. The van der Waals surface area contributed by atoms with E-state index in [9.17, 15) is 0 Å². The van der Waals surface area contributed by atoms with Gasteiger partial charge in [0.2, 0.25) is 11.5 Å². The lowest BCUT2D eigenvalue weighted by atomic mass is 10.0. The fourth-order valence-corrected chi connectivity index (χ4v) is 4.80. The fraction of sp³-hybridized carbons (Fsp3) is 0.278. The summed E-state index contributed by atoms with van der Waals surface area (Å²) < 4.78 is 46.8. The summed E-state index contributed by atoms with van der Waals surface area (Å²) in [5.41, 5.74) is 3.86. The van der Waals surface area contributed by atoms with Crippen molar-refractivity contribution in [3.8, 4) is 34.5 Å². The number of rotatable bonds is 16. The van der Waals surface area contributed by atoms with Gasteiger partial charge in [-0.05, 0) is 46.5 Å². The van der Waals surface area contributed by atoms with Crippen LogP contribution >= 0.6 is 0 Å². The van der Waals surface area contributed by atoms with Crippen LogP contribution in [-0.2, 0) is 22.7 Å². The van der Waals surface area contributed by atoms with E-state index in [1.165, 1.54) is 0 Å². The number of methoxy groups -OCH3 is 4. The molecule has 1 fully saturated rings. The molecule has 0 unspecified atom stereocenters. The van der Waals surface area contributed by atoms with Gasteiger partial charge in [0.15, 0.2) is 23.0 Å². The number of benzene rings is 4. The van der Waals surface area contributed by atoms with Gasteiger partial charge < -0.3 is 37.9 Å². The van der Waals surface area contributed by atoms with Crippen molar-refractivity contribution in [2.45, 2.75) is 25.4 Å².